The van der Waals surface area contributed by atoms with Gasteiger partial charge >= 0.3 is 12.1 Å². The number of carbonyl (C=O) groups is 2. The van der Waals surface area contributed by atoms with Gasteiger partial charge in [-0.25, -0.2) is 9.59 Å². The first-order chi connectivity index (χ1) is 16.4. The van der Waals surface area contributed by atoms with Crippen molar-refractivity contribution in [2.45, 2.75) is 95.2 Å². The highest BCUT2D eigenvalue weighted by Gasteiger charge is 2.70. The van der Waals surface area contributed by atoms with E-state index in [1.807, 2.05) is 6.92 Å². The number of hydrogen-bond donors (Lipinski definition) is 1. The summed E-state index contributed by atoms with van der Waals surface area (Å²) >= 11 is 0. The molecule has 4 aliphatic rings. The molecule has 2 bridgehead atoms. The lowest BCUT2D eigenvalue weighted by molar-refractivity contribution is -0.158. The molecule has 1 aromatic rings. The van der Waals surface area contributed by atoms with Crippen LogP contribution in [0.1, 0.15) is 63.6 Å². The van der Waals surface area contributed by atoms with Crippen LogP contribution in [0.5, 0.6) is 5.75 Å². The summed E-state index contributed by atoms with van der Waals surface area (Å²) in [5, 5.41) is 12.3. The molecule has 2 aliphatic heterocycles. The van der Waals surface area contributed by atoms with Crippen molar-refractivity contribution in [3.63, 3.8) is 0 Å². The largest absolute Gasteiger partial charge is 0.509 e. The third-order valence-electron chi connectivity index (χ3n) is 8.01. The Balaban J connectivity index is 1.48. The molecule has 0 aromatic heterocycles. The van der Waals surface area contributed by atoms with Gasteiger partial charge < -0.3 is 29.0 Å². The topological polar surface area (TPSA) is 94.5 Å². The van der Waals surface area contributed by atoms with Crippen LogP contribution in [0, 0.1) is 6.92 Å². The van der Waals surface area contributed by atoms with Crippen LogP contribution in [0.15, 0.2) is 24.0 Å². The number of benzene rings is 1. The van der Waals surface area contributed by atoms with Crippen molar-refractivity contribution in [1.29, 1.82) is 0 Å². The summed E-state index contributed by atoms with van der Waals surface area (Å²) in [7, 11) is 2.07. The lowest BCUT2D eigenvalue weighted by atomic mass is 9.52. The molecule has 5 atom stereocenters. The van der Waals surface area contributed by atoms with Gasteiger partial charge in [0.2, 0.25) is 0 Å². The highest BCUT2D eigenvalue weighted by atomic mass is 16.7. The first kappa shape index (κ1) is 24.1. The Bertz CT molecular complexity index is 1110. The fourth-order valence-electron chi connectivity index (χ4n) is 6.51. The third kappa shape index (κ3) is 3.56. The van der Waals surface area contributed by atoms with Gasteiger partial charge in [-0.05, 0) is 84.7 Å². The van der Waals surface area contributed by atoms with E-state index in [-0.39, 0.29) is 6.04 Å². The van der Waals surface area contributed by atoms with Crippen LogP contribution >= 0.6 is 0 Å². The molecule has 1 spiro atoms. The summed E-state index contributed by atoms with van der Waals surface area (Å²) < 4.78 is 22.7. The first-order valence-electron chi connectivity index (χ1n) is 12.4. The molecule has 0 saturated carbocycles. The van der Waals surface area contributed by atoms with Crippen LogP contribution in [0.2, 0.25) is 0 Å². The van der Waals surface area contributed by atoms with Gasteiger partial charge in [-0.3, -0.25) is 0 Å². The SMILES string of the molecule is Cc1ccc2c3c1O[C@H]1C(OC(=O)[C@H](C)OC(=O)OC(C)(C)C)=CC[C@@]4(O)[C@@H](C2)N(C)CCC[C@]314. The zero-order valence-electron chi connectivity index (χ0n) is 21.3. The van der Waals surface area contributed by atoms with Crippen molar-refractivity contribution in [2.75, 3.05) is 13.6 Å². The molecule has 1 aromatic carbocycles. The van der Waals surface area contributed by atoms with Crippen molar-refractivity contribution in [2.24, 2.45) is 0 Å². The van der Waals surface area contributed by atoms with E-state index >= 15 is 0 Å². The van der Waals surface area contributed by atoms with Crippen LogP contribution in [-0.2, 0) is 30.8 Å². The highest BCUT2D eigenvalue weighted by molar-refractivity contribution is 5.78. The molecule has 0 unspecified atom stereocenters. The standard InChI is InChI=1S/C27H35NO7/c1-15-8-9-17-14-19-27(31)12-10-18(33-23(29)16(2)32-24(30)35-25(3,4)5)22-26(27,11-7-13-28(19)6)20(17)21(15)34-22/h8-10,16,19,22,31H,7,11-14H2,1-6H3/t16-,19+,22-,26-,27+/m0/s1. The maximum Gasteiger partial charge on any atom is 0.509 e. The Hall–Kier alpha value is -2.58. The molecule has 1 saturated heterocycles. The van der Waals surface area contributed by atoms with Gasteiger partial charge in [-0.1, -0.05) is 12.1 Å². The molecule has 2 aliphatic carbocycles. The van der Waals surface area contributed by atoms with Gasteiger partial charge in [0.05, 0.1) is 11.0 Å². The molecular weight excluding hydrogens is 450 g/mol. The average molecular weight is 486 g/mol. The summed E-state index contributed by atoms with van der Waals surface area (Å²) in [6, 6.07) is 4.14. The molecule has 8 heteroatoms. The molecule has 8 nitrogen and oxygen atoms in total. The van der Waals surface area contributed by atoms with Crippen LogP contribution in [0.4, 0.5) is 4.79 Å². The van der Waals surface area contributed by atoms with Crippen LogP contribution in [0.3, 0.4) is 0 Å². The Morgan fingerprint density at radius 2 is 2.03 bits per heavy atom. The predicted octanol–water partition coefficient (Wildman–Crippen LogP) is 3.55. The minimum absolute atomic E-state index is 0.0693. The number of aliphatic hydroxyl groups is 1. The molecule has 1 N–H and O–H groups in total. The number of carbonyl (C=O) groups excluding carboxylic acids is 2. The van der Waals surface area contributed by atoms with Crippen LogP contribution in [0.25, 0.3) is 0 Å². The number of likely N-dealkylation sites (tertiary alicyclic amines) is 1. The Labute approximate surface area is 206 Å². The second-order valence-electron chi connectivity index (χ2n) is 11.4. The second-order valence-corrected chi connectivity index (χ2v) is 11.4. The minimum atomic E-state index is -1.16. The molecule has 1 fully saturated rings. The Morgan fingerprint density at radius 1 is 1.29 bits per heavy atom. The summed E-state index contributed by atoms with van der Waals surface area (Å²) in [6.07, 6.45) is 1.75. The van der Waals surface area contributed by atoms with Gasteiger partial charge in [0.1, 0.15) is 17.1 Å². The predicted molar refractivity (Wildman–Crippen MR) is 127 cm³/mol. The van der Waals surface area contributed by atoms with E-state index in [0.29, 0.717) is 12.2 Å². The van der Waals surface area contributed by atoms with Gasteiger partial charge in [-0.15, -0.1) is 0 Å². The van der Waals surface area contributed by atoms with E-state index in [2.05, 4.69) is 24.1 Å². The number of likely N-dealkylation sites (N-methyl/N-ethyl adjacent to an activating group) is 1. The van der Waals surface area contributed by atoms with Crippen molar-refractivity contribution in [3.8, 4) is 5.75 Å². The van der Waals surface area contributed by atoms with E-state index in [0.717, 1.165) is 42.7 Å². The van der Waals surface area contributed by atoms with E-state index in [1.165, 1.54) is 12.5 Å². The van der Waals surface area contributed by atoms with Crippen LogP contribution in [-0.4, -0.2) is 65.2 Å². The smallest absolute Gasteiger partial charge is 0.481 e. The van der Waals surface area contributed by atoms with E-state index in [4.69, 9.17) is 18.9 Å². The minimum Gasteiger partial charge on any atom is -0.481 e. The molecule has 5 rings (SSSR count). The summed E-state index contributed by atoms with van der Waals surface area (Å²) in [6.45, 7) is 9.49. The van der Waals surface area contributed by atoms with E-state index in [1.54, 1.807) is 26.8 Å². The number of rotatable bonds is 3. The Kier molecular flexibility index (Phi) is 5.49. The summed E-state index contributed by atoms with van der Waals surface area (Å²) in [5.74, 6) is 0.445. The number of hydrogen-bond acceptors (Lipinski definition) is 8. The number of nitrogens with zero attached hydrogens (tertiary/aromatic N) is 1. The molecule has 2 heterocycles. The van der Waals surface area contributed by atoms with Gasteiger partial charge in [0, 0.05) is 18.0 Å². The maximum atomic E-state index is 13.0. The molecular formula is C27H35NO7. The van der Waals surface area contributed by atoms with Gasteiger partial charge in [-0.2, -0.15) is 0 Å². The lowest BCUT2D eigenvalue weighted by Crippen LogP contribution is -2.69. The highest BCUT2D eigenvalue weighted by Crippen LogP contribution is 2.64. The van der Waals surface area contributed by atoms with Crippen molar-refractivity contribution < 1.29 is 33.6 Å². The Morgan fingerprint density at radius 3 is 2.74 bits per heavy atom. The fourth-order valence-corrected chi connectivity index (χ4v) is 6.51. The maximum absolute atomic E-state index is 13.0. The summed E-state index contributed by atoms with van der Waals surface area (Å²) in [5.41, 5.74) is 0.750. The first-order valence-corrected chi connectivity index (χ1v) is 12.4. The van der Waals surface area contributed by atoms with Gasteiger partial charge in [0.15, 0.2) is 12.2 Å². The van der Waals surface area contributed by atoms with Crippen molar-refractivity contribution in [3.05, 3.63) is 40.7 Å². The summed E-state index contributed by atoms with van der Waals surface area (Å²) in [4.78, 5) is 27.3. The van der Waals surface area contributed by atoms with E-state index < -0.39 is 40.9 Å². The van der Waals surface area contributed by atoms with E-state index in [9.17, 15) is 14.7 Å². The number of ether oxygens (including phenoxy) is 4. The zero-order valence-corrected chi connectivity index (χ0v) is 21.3. The van der Waals surface area contributed by atoms with Gasteiger partial charge in [0.25, 0.3) is 0 Å². The average Bonchev–Trinajstić information content (AvgIpc) is 3.09. The molecule has 0 amide bonds. The fraction of sp³-hybridized carbons (Fsp3) is 0.630. The monoisotopic (exact) mass is 485 g/mol. The number of esters is 1. The normalized spacial score (nSPS) is 31.9. The number of aryl methyl sites for hydroxylation is 1. The van der Waals surface area contributed by atoms with Crippen molar-refractivity contribution >= 4 is 12.1 Å². The lowest BCUT2D eigenvalue weighted by Gasteiger charge is -2.56. The molecule has 190 valence electrons. The zero-order chi connectivity index (χ0) is 25.3. The second kappa shape index (κ2) is 7.96. The van der Waals surface area contributed by atoms with Crippen LogP contribution < -0.4 is 4.74 Å². The molecule has 0 radical (unpaired) electrons. The quantitative estimate of drug-likeness (QED) is 0.650. The van der Waals surface area contributed by atoms with Crippen molar-refractivity contribution in [1.82, 2.24) is 4.90 Å². The molecule has 35 heavy (non-hydrogen) atoms. The third-order valence-corrected chi connectivity index (χ3v) is 8.01.